The van der Waals surface area contributed by atoms with Crippen molar-refractivity contribution < 1.29 is 13.9 Å². The van der Waals surface area contributed by atoms with Gasteiger partial charge in [0.05, 0.1) is 26.0 Å². The Hall–Kier alpha value is -1.09. The monoisotopic (exact) mass is 252 g/mol. The van der Waals surface area contributed by atoms with Crippen molar-refractivity contribution >= 4 is 0 Å². The van der Waals surface area contributed by atoms with Crippen LogP contribution in [0.25, 0.3) is 0 Å². The van der Waals surface area contributed by atoms with E-state index in [1.165, 1.54) is 5.56 Å². The maximum Gasteiger partial charge on any atom is 0.119 e. The number of ether oxygens (including phenoxy) is 2. The van der Waals surface area contributed by atoms with Gasteiger partial charge in [-0.3, -0.25) is 4.39 Å². The van der Waals surface area contributed by atoms with Crippen molar-refractivity contribution in [1.29, 1.82) is 0 Å². The SMILES string of the molecule is COc1cccc(CC2OC(C)C2(C)CCF)c1. The van der Waals surface area contributed by atoms with Crippen molar-refractivity contribution in [1.82, 2.24) is 0 Å². The highest BCUT2D eigenvalue weighted by Crippen LogP contribution is 2.45. The minimum Gasteiger partial charge on any atom is -0.497 e. The third kappa shape index (κ3) is 2.37. The van der Waals surface area contributed by atoms with E-state index in [9.17, 15) is 4.39 Å². The molecule has 2 nitrogen and oxygen atoms in total. The summed E-state index contributed by atoms with van der Waals surface area (Å²) >= 11 is 0. The lowest BCUT2D eigenvalue weighted by atomic mass is 9.70. The minimum absolute atomic E-state index is 0.0438. The second-order valence-corrected chi connectivity index (χ2v) is 5.27. The van der Waals surface area contributed by atoms with E-state index in [1.54, 1.807) is 7.11 Å². The van der Waals surface area contributed by atoms with Crippen LogP contribution >= 0.6 is 0 Å². The van der Waals surface area contributed by atoms with Crippen LogP contribution in [-0.4, -0.2) is 26.0 Å². The van der Waals surface area contributed by atoms with Gasteiger partial charge < -0.3 is 9.47 Å². The highest BCUT2D eigenvalue weighted by atomic mass is 19.1. The summed E-state index contributed by atoms with van der Waals surface area (Å²) in [6, 6.07) is 7.98. The molecule has 0 spiro atoms. The molecule has 3 atom stereocenters. The summed E-state index contributed by atoms with van der Waals surface area (Å²) < 4.78 is 23.6. The average molecular weight is 252 g/mol. The van der Waals surface area contributed by atoms with Gasteiger partial charge in [-0.25, -0.2) is 0 Å². The molecule has 18 heavy (non-hydrogen) atoms. The van der Waals surface area contributed by atoms with Crippen LogP contribution in [0.5, 0.6) is 5.75 Å². The van der Waals surface area contributed by atoms with Gasteiger partial charge in [-0.2, -0.15) is 0 Å². The summed E-state index contributed by atoms with van der Waals surface area (Å²) in [7, 11) is 1.66. The second kappa shape index (κ2) is 5.27. The van der Waals surface area contributed by atoms with Crippen molar-refractivity contribution in [2.75, 3.05) is 13.8 Å². The van der Waals surface area contributed by atoms with E-state index in [0.717, 1.165) is 12.2 Å². The standard InChI is InChI=1S/C15H21FO2/c1-11-15(2,7-8-16)14(18-11)10-12-5-4-6-13(9-12)17-3/h4-6,9,11,14H,7-8,10H2,1-3H3. The molecule has 0 amide bonds. The van der Waals surface area contributed by atoms with Crippen LogP contribution in [0.2, 0.25) is 0 Å². The minimum atomic E-state index is -0.279. The fourth-order valence-electron chi connectivity index (χ4n) is 2.61. The van der Waals surface area contributed by atoms with Crippen LogP contribution in [0.4, 0.5) is 4.39 Å². The lowest BCUT2D eigenvalue weighted by molar-refractivity contribution is -0.237. The quantitative estimate of drug-likeness (QED) is 0.799. The molecule has 0 aliphatic carbocycles. The summed E-state index contributed by atoms with van der Waals surface area (Å²) in [5.41, 5.74) is 1.13. The van der Waals surface area contributed by atoms with Gasteiger partial charge in [-0.1, -0.05) is 19.1 Å². The molecule has 1 aromatic rings. The van der Waals surface area contributed by atoms with E-state index in [0.29, 0.717) is 6.42 Å². The molecule has 100 valence electrons. The van der Waals surface area contributed by atoms with E-state index in [1.807, 2.05) is 25.1 Å². The molecule has 0 aromatic heterocycles. The lowest BCUT2D eigenvalue weighted by Crippen LogP contribution is -2.57. The molecule has 0 radical (unpaired) electrons. The molecule has 0 bridgehead atoms. The highest BCUT2D eigenvalue weighted by molar-refractivity contribution is 5.29. The average Bonchev–Trinajstić information content (AvgIpc) is 2.39. The third-order valence-corrected chi connectivity index (χ3v) is 4.22. The van der Waals surface area contributed by atoms with Crippen molar-refractivity contribution in [3.63, 3.8) is 0 Å². The molecule has 1 saturated heterocycles. The van der Waals surface area contributed by atoms with Crippen LogP contribution in [0.1, 0.15) is 25.8 Å². The van der Waals surface area contributed by atoms with Crippen molar-refractivity contribution in [2.24, 2.45) is 5.41 Å². The van der Waals surface area contributed by atoms with Crippen LogP contribution in [0, 0.1) is 5.41 Å². The predicted molar refractivity (Wildman–Crippen MR) is 69.7 cm³/mol. The molecule has 3 heteroatoms. The maximum absolute atomic E-state index is 12.6. The summed E-state index contributed by atoms with van der Waals surface area (Å²) in [4.78, 5) is 0. The first-order valence-electron chi connectivity index (χ1n) is 6.44. The zero-order chi connectivity index (χ0) is 13.2. The molecule has 3 unspecified atom stereocenters. The molecule has 0 saturated carbocycles. The van der Waals surface area contributed by atoms with Gasteiger partial charge >= 0.3 is 0 Å². The van der Waals surface area contributed by atoms with Crippen molar-refractivity contribution in [3.05, 3.63) is 29.8 Å². The van der Waals surface area contributed by atoms with E-state index in [4.69, 9.17) is 9.47 Å². The number of benzene rings is 1. The van der Waals surface area contributed by atoms with E-state index in [2.05, 4.69) is 13.0 Å². The summed E-state index contributed by atoms with van der Waals surface area (Å²) in [6.45, 7) is 3.86. The Labute approximate surface area is 108 Å². The number of halogens is 1. The van der Waals surface area contributed by atoms with Crippen LogP contribution in [-0.2, 0) is 11.2 Å². The van der Waals surface area contributed by atoms with Crippen molar-refractivity contribution in [3.8, 4) is 5.75 Å². The Balaban J connectivity index is 2.05. The highest BCUT2D eigenvalue weighted by Gasteiger charge is 2.49. The molecule has 1 fully saturated rings. The zero-order valence-corrected chi connectivity index (χ0v) is 11.3. The summed E-state index contributed by atoms with van der Waals surface area (Å²) in [5.74, 6) is 0.854. The molecule has 1 heterocycles. The molecule has 1 aliphatic heterocycles. The molecular formula is C15H21FO2. The topological polar surface area (TPSA) is 18.5 Å². The lowest BCUT2D eigenvalue weighted by Gasteiger charge is -2.52. The Bertz CT molecular complexity index is 407. The largest absolute Gasteiger partial charge is 0.497 e. The van der Waals surface area contributed by atoms with Gasteiger partial charge in [0.15, 0.2) is 0 Å². The second-order valence-electron chi connectivity index (χ2n) is 5.27. The summed E-state index contributed by atoms with van der Waals surface area (Å²) in [5, 5.41) is 0. The first kappa shape index (κ1) is 13.3. The zero-order valence-electron chi connectivity index (χ0n) is 11.3. The predicted octanol–water partition coefficient (Wildman–Crippen LogP) is 3.39. The third-order valence-electron chi connectivity index (χ3n) is 4.22. The van der Waals surface area contributed by atoms with E-state index in [-0.39, 0.29) is 24.3 Å². The van der Waals surface area contributed by atoms with Gasteiger partial charge in [-0.15, -0.1) is 0 Å². The number of hydrogen-bond acceptors (Lipinski definition) is 2. The van der Waals surface area contributed by atoms with Crippen molar-refractivity contribution in [2.45, 2.75) is 38.9 Å². The molecule has 1 aliphatic rings. The van der Waals surface area contributed by atoms with Crippen LogP contribution < -0.4 is 4.74 Å². The van der Waals surface area contributed by atoms with Crippen LogP contribution in [0.3, 0.4) is 0 Å². The fraction of sp³-hybridized carbons (Fsp3) is 0.600. The Morgan fingerprint density at radius 3 is 2.83 bits per heavy atom. The van der Waals surface area contributed by atoms with Crippen LogP contribution in [0.15, 0.2) is 24.3 Å². The fourth-order valence-corrected chi connectivity index (χ4v) is 2.61. The first-order valence-corrected chi connectivity index (χ1v) is 6.44. The normalized spacial score (nSPS) is 30.9. The number of rotatable bonds is 5. The molecule has 1 aromatic carbocycles. The van der Waals surface area contributed by atoms with E-state index < -0.39 is 0 Å². The maximum atomic E-state index is 12.6. The molecular weight excluding hydrogens is 231 g/mol. The van der Waals surface area contributed by atoms with Gasteiger partial charge in [0.1, 0.15) is 5.75 Å². The first-order chi connectivity index (χ1) is 8.60. The number of methoxy groups -OCH3 is 1. The molecule has 0 N–H and O–H groups in total. The number of hydrogen-bond donors (Lipinski definition) is 0. The van der Waals surface area contributed by atoms with Gasteiger partial charge in [-0.05, 0) is 37.5 Å². The summed E-state index contributed by atoms with van der Waals surface area (Å²) in [6.07, 6.45) is 1.64. The molecule has 2 rings (SSSR count). The Morgan fingerprint density at radius 1 is 1.44 bits per heavy atom. The number of alkyl halides is 1. The Kier molecular flexibility index (Phi) is 3.91. The van der Waals surface area contributed by atoms with E-state index >= 15 is 0 Å². The smallest absolute Gasteiger partial charge is 0.119 e. The van der Waals surface area contributed by atoms with Gasteiger partial charge in [0, 0.05) is 5.41 Å². The Morgan fingerprint density at radius 2 is 2.22 bits per heavy atom. The van der Waals surface area contributed by atoms with Gasteiger partial charge in [0.25, 0.3) is 0 Å². The van der Waals surface area contributed by atoms with Gasteiger partial charge in [0.2, 0.25) is 0 Å².